The maximum atomic E-state index is 5.47. The zero-order chi connectivity index (χ0) is 11.4. The maximum absolute atomic E-state index is 5.47. The van der Waals surface area contributed by atoms with Crippen LogP contribution >= 0.6 is 27.3 Å². The van der Waals surface area contributed by atoms with Gasteiger partial charge in [0.25, 0.3) is 0 Å². The van der Waals surface area contributed by atoms with Gasteiger partial charge in [0.05, 0.1) is 12.3 Å². The van der Waals surface area contributed by atoms with Crippen LogP contribution in [0.4, 0.5) is 0 Å². The van der Waals surface area contributed by atoms with Crippen LogP contribution in [0.25, 0.3) is 10.6 Å². The molecule has 1 heterocycles. The summed E-state index contributed by atoms with van der Waals surface area (Å²) in [5.41, 5.74) is 2.19. The topological polar surface area (TPSA) is 22.1 Å². The normalized spacial score (nSPS) is 10.4. The number of alkyl halides is 1. The molecule has 0 bridgehead atoms. The van der Waals surface area contributed by atoms with Crippen molar-refractivity contribution in [3.05, 3.63) is 35.3 Å². The Balaban J connectivity index is 2.28. The van der Waals surface area contributed by atoms with Crippen LogP contribution in [0.15, 0.2) is 29.6 Å². The number of aromatic nitrogens is 1. The highest BCUT2D eigenvalue weighted by atomic mass is 79.9. The van der Waals surface area contributed by atoms with E-state index in [4.69, 9.17) is 4.74 Å². The Hall–Kier alpha value is -0.870. The zero-order valence-corrected chi connectivity index (χ0v) is 11.3. The zero-order valence-electron chi connectivity index (χ0n) is 8.94. The van der Waals surface area contributed by atoms with Crippen LogP contribution < -0.4 is 4.74 Å². The van der Waals surface area contributed by atoms with Crippen molar-refractivity contribution in [3.8, 4) is 16.3 Å². The fraction of sp³-hybridized carbons (Fsp3) is 0.250. The van der Waals surface area contributed by atoms with E-state index in [1.165, 1.54) is 0 Å². The van der Waals surface area contributed by atoms with Gasteiger partial charge in [0.2, 0.25) is 0 Å². The second-order valence-corrected chi connectivity index (χ2v) is 4.66. The van der Waals surface area contributed by atoms with Crippen molar-refractivity contribution in [2.24, 2.45) is 0 Å². The molecule has 1 aromatic carbocycles. The number of benzene rings is 1. The van der Waals surface area contributed by atoms with Crippen LogP contribution in [0.2, 0.25) is 0 Å². The van der Waals surface area contributed by atoms with Gasteiger partial charge in [-0.2, -0.15) is 0 Å². The Labute approximate surface area is 107 Å². The summed E-state index contributed by atoms with van der Waals surface area (Å²) in [7, 11) is 0. The largest absolute Gasteiger partial charge is 0.494 e. The molecule has 84 valence electrons. The first-order valence-corrected chi connectivity index (χ1v) is 7.07. The molecular formula is C12H12BrNOS. The molecule has 0 N–H and O–H groups in total. The summed E-state index contributed by atoms with van der Waals surface area (Å²) < 4.78 is 5.47. The lowest BCUT2D eigenvalue weighted by Crippen LogP contribution is -1.91. The summed E-state index contributed by atoms with van der Waals surface area (Å²) in [5, 5.41) is 3.91. The summed E-state index contributed by atoms with van der Waals surface area (Å²) in [5.74, 6) is 0.899. The minimum Gasteiger partial charge on any atom is -0.494 e. The van der Waals surface area contributed by atoms with E-state index in [-0.39, 0.29) is 0 Å². The SMILES string of the molecule is CCOc1cccc(-c2nc(CBr)cs2)c1. The molecule has 0 radical (unpaired) electrons. The molecule has 2 nitrogen and oxygen atoms in total. The van der Waals surface area contributed by atoms with Crippen molar-refractivity contribution < 1.29 is 4.74 Å². The lowest BCUT2D eigenvalue weighted by Gasteiger charge is -2.03. The summed E-state index contributed by atoms with van der Waals surface area (Å²) in [6, 6.07) is 8.04. The molecule has 0 aliphatic heterocycles. The van der Waals surface area contributed by atoms with Gasteiger partial charge in [-0.15, -0.1) is 11.3 Å². The van der Waals surface area contributed by atoms with Gasteiger partial charge in [-0.25, -0.2) is 4.98 Å². The first-order valence-electron chi connectivity index (χ1n) is 5.07. The molecule has 2 rings (SSSR count). The second-order valence-electron chi connectivity index (χ2n) is 3.24. The average molecular weight is 298 g/mol. The van der Waals surface area contributed by atoms with E-state index in [2.05, 4.69) is 32.4 Å². The molecule has 0 amide bonds. The number of nitrogens with zero attached hydrogens (tertiary/aromatic N) is 1. The molecule has 0 saturated heterocycles. The summed E-state index contributed by atoms with van der Waals surface area (Å²) in [6.45, 7) is 2.67. The smallest absolute Gasteiger partial charge is 0.123 e. The minimum atomic E-state index is 0.688. The summed E-state index contributed by atoms with van der Waals surface area (Å²) in [4.78, 5) is 4.52. The van der Waals surface area contributed by atoms with Gasteiger partial charge >= 0.3 is 0 Å². The molecule has 0 fully saturated rings. The van der Waals surface area contributed by atoms with Crippen LogP contribution in [0.3, 0.4) is 0 Å². The Morgan fingerprint density at radius 2 is 2.31 bits per heavy atom. The molecule has 0 spiro atoms. The predicted molar refractivity (Wildman–Crippen MR) is 71.4 cm³/mol. The molecular weight excluding hydrogens is 286 g/mol. The predicted octanol–water partition coefficient (Wildman–Crippen LogP) is 4.10. The second kappa shape index (κ2) is 5.46. The van der Waals surface area contributed by atoms with Gasteiger partial charge < -0.3 is 4.74 Å². The average Bonchev–Trinajstić information content (AvgIpc) is 2.78. The molecule has 16 heavy (non-hydrogen) atoms. The van der Waals surface area contributed by atoms with Gasteiger partial charge in [0, 0.05) is 16.3 Å². The first kappa shape index (κ1) is 11.6. The number of halogens is 1. The van der Waals surface area contributed by atoms with Crippen LogP contribution in [-0.4, -0.2) is 11.6 Å². The highest BCUT2D eigenvalue weighted by Crippen LogP contribution is 2.27. The minimum absolute atomic E-state index is 0.688. The Bertz CT molecular complexity index is 470. The van der Waals surface area contributed by atoms with Crippen molar-refractivity contribution in [1.82, 2.24) is 4.98 Å². The molecule has 4 heteroatoms. The van der Waals surface area contributed by atoms with E-state index in [9.17, 15) is 0 Å². The van der Waals surface area contributed by atoms with E-state index in [0.29, 0.717) is 6.61 Å². The molecule has 0 saturated carbocycles. The Morgan fingerprint density at radius 3 is 3.00 bits per heavy atom. The molecule has 0 unspecified atom stereocenters. The highest BCUT2D eigenvalue weighted by Gasteiger charge is 2.04. The lowest BCUT2D eigenvalue weighted by molar-refractivity contribution is 0.340. The van der Waals surface area contributed by atoms with Gasteiger partial charge in [-0.05, 0) is 19.1 Å². The third kappa shape index (κ3) is 2.62. The number of thiazole rings is 1. The summed E-state index contributed by atoms with van der Waals surface area (Å²) in [6.07, 6.45) is 0. The Morgan fingerprint density at radius 1 is 1.44 bits per heavy atom. The Kier molecular flexibility index (Phi) is 3.96. The van der Waals surface area contributed by atoms with E-state index in [0.717, 1.165) is 27.3 Å². The van der Waals surface area contributed by atoms with E-state index in [1.54, 1.807) is 11.3 Å². The van der Waals surface area contributed by atoms with Crippen molar-refractivity contribution in [2.75, 3.05) is 6.61 Å². The molecule has 1 aromatic heterocycles. The highest BCUT2D eigenvalue weighted by molar-refractivity contribution is 9.08. The first-order chi connectivity index (χ1) is 7.83. The molecule has 0 aliphatic carbocycles. The van der Waals surface area contributed by atoms with Gasteiger partial charge in [-0.1, -0.05) is 28.1 Å². The van der Waals surface area contributed by atoms with Gasteiger partial charge in [-0.3, -0.25) is 0 Å². The third-order valence-electron chi connectivity index (χ3n) is 2.08. The fourth-order valence-electron chi connectivity index (χ4n) is 1.39. The van der Waals surface area contributed by atoms with E-state index >= 15 is 0 Å². The monoisotopic (exact) mass is 297 g/mol. The van der Waals surface area contributed by atoms with Crippen molar-refractivity contribution in [3.63, 3.8) is 0 Å². The lowest BCUT2D eigenvalue weighted by atomic mass is 10.2. The maximum Gasteiger partial charge on any atom is 0.123 e. The van der Waals surface area contributed by atoms with Crippen LogP contribution in [0.5, 0.6) is 5.75 Å². The molecule has 0 aliphatic rings. The standard InChI is InChI=1S/C12H12BrNOS/c1-2-15-11-5-3-4-9(6-11)12-14-10(7-13)8-16-12/h3-6,8H,2,7H2,1H3. The number of ether oxygens (including phenoxy) is 1. The van der Waals surface area contributed by atoms with Crippen molar-refractivity contribution in [1.29, 1.82) is 0 Å². The molecule has 2 aromatic rings. The molecule has 0 atom stereocenters. The number of rotatable bonds is 4. The van der Waals surface area contributed by atoms with E-state index < -0.39 is 0 Å². The van der Waals surface area contributed by atoms with Gasteiger partial charge in [0.1, 0.15) is 10.8 Å². The van der Waals surface area contributed by atoms with Crippen LogP contribution in [-0.2, 0) is 5.33 Å². The van der Waals surface area contributed by atoms with Crippen LogP contribution in [0, 0.1) is 0 Å². The fourth-order valence-corrected chi connectivity index (χ4v) is 2.70. The van der Waals surface area contributed by atoms with Crippen LogP contribution in [0.1, 0.15) is 12.6 Å². The van der Waals surface area contributed by atoms with Crippen molar-refractivity contribution >= 4 is 27.3 Å². The van der Waals surface area contributed by atoms with Gasteiger partial charge in [0.15, 0.2) is 0 Å². The number of hydrogen-bond acceptors (Lipinski definition) is 3. The number of hydrogen-bond donors (Lipinski definition) is 0. The van der Waals surface area contributed by atoms with E-state index in [1.807, 2.05) is 25.1 Å². The summed E-state index contributed by atoms with van der Waals surface area (Å²) >= 11 is 5.06. The van der Waals surface area contributed by atoms with Crippen molar-refractivity contribution in [2.45, 2.75) is 12.3 Å². The quantitative estimate of drug-likeness (QED) is 0.793. The third-order valence-corrected chi connectivity index (χ3v) is 3.60.